The normalized spacial score (nSPS) is 12.1. The first kappa shape index (κ1) is 13.4. The Hall–Kier alpha value is -2.07. The van der Waals surface area contributed by atoms with Crippen LogP contribution in [0.1, 0.15) is 23.0 Å². The van der Waals surface area contributed by atoms with Crippen LogP contribution in [0.3, 0.4) is 0 Å². The van der Waals surface area contributed by atoms with E-state index in [-0.39, 0.29) is 11.9 Å². The van der Waals surface area contributed by atoms with Gasteiger partial charge in [0.05, 0.1) is 0 Å². The Balaban J connectivity index is 2.11. The number of hydrogen-bond acceptors (Lipinski definition) is 2. The van der Waals surface area contributed by atoms with Gasteiger partial charge in [-0.05, 0) is 24.6 Å². The summed E-state index contributed by atoms with van der Waals surface area (Å²) in [5.74, 6) is -0.0844. The van der Waals surface area contributed by atoms with Crippen LogP contribution in [0.5, 0.6) is 0 Å². The van der Waals surface area contributed by atoms with Crippen molar-refractivity contribution < 1.29 is 4.79 Å². The molecule has 0 radical (unpaired) electrons. The van der Waals surface area contributed by atoms with E-state index >= 15 is 0 Å². The molecule has 0 saturated heterocycles. The Labute approximate surface area is 113 Å². The first-order valence-corrected chi connectivity index (χ1v) is 6.40. The molecule has 3 N–H and O–H groups in total. The predicted octanol–water partition coefficient (Wildman–Crippen LogP) is 1.61. The second-order valence-electron chi connectivity index (χ2n) is 4.62. The highest BCUT2D eigenvalue weighted by Crippen LogP contribution is 2.08. The van der Waals surface area contributed by atoms with Crippen molar-refractivity contribution in [3.05, 3.63) is 59.9 Å². The standard InChI is InChI=1S/C15H19N3O/c1-12(10-16)17-15(19)14-8-5-9-18(14)11-13-6-3-2-4-7-13/h2-9,12H,10-11,16H2,1H3,(H,17,19). The van der Waals surface area contributed by atoms with E-state index < -0.39 is 0 Å². The fourth-order valence-electron chi connectivity index (χ4n) is 1.89. The van der Waals surface area contributed by atoms with Gasteiger partial charge in [-0.2, -0.15) is 0 Å². The summed E-state index contributed by atoms with van der Waals surface area (Å²) in [7, 11) is 0. The lowest BCUT2D eigenvalue weighted by Crippen LogP contribution is -2.38. The molecule has 1 aromatic carbocycles. The maximum absolute atomic E-state index is 12.1. The Bertz CT molecular complexity index is 533. The molecule has 0 aliphatic rings. The summed E-state index contributed by atoms with van der Waals surface area (Å²) < 4.78 is 1.94. The van der Waals surface area contributed by atoms with Gasteiger partial charge < -0.3 is 15.6 Å². The number of nitrogens with two attached hydrogens (primary N) is 1. The third kappa shape index (κ3) is 3.45. The fourth-order valence-corrected chi connectivity index (χ4v) is 1.89. The number of nitrogens with one attached hydrogen (secondary N) is 1. The van der Waals surface area contributed by atoms with Crippen LogP contribution in [0.15, 0.2) is 48.7 Å². The Kier molecular flexibility index (Phi) is 4.36. The molecule has 100 valence electrons. The van der Waals surface area contributed by atoms with Gasteiger partial charge in [-0.25, -0.2) is 0 Å². The minimum Gasteiger partial charge on any atom is -0.347 e. The largest absolute Gasteiger partial charge is 0.347 e. The number of hydrogen-bond donors (Lipinski definition) is 2. The van der Waals surface area contributed by atoms with Crippen LogP contribution in [-0.2, 0) is 6.54 Å². The van der Waals surface area contributed by atoms with Gasteiger partial charge in [0.25, 0.3) is 5.91 Å². The van der Waals surface area contributed by atoms with Crippen LogP contribution in [0.4, 0.5) is 0 Å². The Morgan fingerprint density at radius 1 is 1.26 bits per heavy atom. The van der Waals surface area contributed by atoms with E-state index in [1.165, 1.54) is 5.56 Å². The molecule has 1 heterocycles. The number of carbonyl (C=O) groups excluding carboxylic acids is 1. The van der Waals surface area contributed by atoms with Gasteiger partial charge in [-0.15, -0.1) is 0 Å². The lowest BCUT2D eigenvalue weighted by atomic mass is 10.2. The number of nitrogens with zero attached hydrogens (tertiary/aromatic N) is 1. The molecule has 1 unspecified atom stereocenters. The maximum atomic E-state index is 12.1. The number of carbonyl (C=O) groups is 1. The van der Waals surface area contributed by atoms with Crippen molar-refractivity contribution in [2.24, 2.45) is 5.73 Å². The van der Waals surface area contributed by atoms with E-state index in [0.717, 1.165) is 0 Å². The minimum atomic E-state index is -0.0844. The van der Waals surface area contributed by atoms with E-state index in [9.17, 15) is 4.79 Å². The number of rotatable bonds is 5. The van der Waals surface area contributed by atoms with Gasteiger partial charge >= 0.3 is 0 Å². The van der Waals surface area contributed by atoms with Gasteiger partial charge in [0, 0.05) is 25.3 Å². The predicted molar refractivity (Wildman–Crippen MR) is 76.0 cm³/mol. The molecule has 0 fully saturated rings. The fraction of sp³-hybridized carbons (Fsp3) is 0.267. The summed E-state index contributed by atoms with van der Waals surface area (Å²) in [4.78, 5) is 12.1. The first-order chi connectivity index (χ1) is 9.20. The second-order valence-corrected chi connectivity index (χ2v) is 4.62. The molecule has 1 amide bonds. The maximum Gasteiger partial charge on any atom is 0.268 e. The zero-order valence-electron chi connectivity index (χ0n) is 11.0. The Morgan fingerprint density at radius 2 is 2.00 bits per heavy atom. The summed E-state index contributed by atoms with van der Waals surface area (Å²) in [6.45, 7) is 3.01. The average Bonchev–Trinajstić information content (AvgIpc) is 2.88. The van der Waals surface area contributed by atoms with Gasteiger partial charge in [0.1, 0.15) is 5.69 Å². The molecular weight excluding hydrogens is 238 g/mol. The van der Waals surface area contributed by atoms with E-state index in [1.807, 2.05) is 60.2 Å². The molecule has 0 saturated carbocycles. The molecule has 1 atom stereocenters. The summed E-state index contributed by atoms with van der Waals surface area (Å²) in [5.41, 5.74) is 7.34. The van der Waals surface area contributed by atoms with Crippen LogP contribution < -0.4 is 11.1 Å². The molecule has 2 rings (SSSR count). The van der Waals surface area contributed by atoms with Crippen LogP contribution in [0, 0.1) is 0 Å². The van der Waals surface area contributed by atoms with Crippen molar-refractivity contribution in [1.29, 1.82) is 0 Å². The highest BCUT2D eigenvalue weighted by Gasteiger charge is 2.12. The number of amides is 1. The molecule has 4 nitrogen and oxygen atoms in total. The van der Waals surface area contributed by atoms with Crippen molar-refractivity contribution >= 4 is 5.91 Å². The molecule has 1 aromatic heterocycles. The van der Waals surface area contributed by atoms with Gasteiger partial charge in [-0.3, -0.25) is 4.79 Å². The molecule has 19 heavy (non-hydrogen) atoms. The minimum absolute atomic E-state index is 0.0208. The third-order valence-electron chi connectivity index (χ3n) is 2.99. The van der Waals surface area contributed by atoms with Crippen LogP contribution >= 0.6 is 0 Å². The molecule has 0 aliphatic carbocycles. The summed E-state index contributed by atoms with van der Waals surface area (Å²) in [6, 6.07) is 13.7. The topological polar surface area (TPSA) is 60.0 Å². The highest BCUT2D eigenvalue weighted by atomic mass is 16.2. The molecular formula is C15H19N3O. The van der Waals surface area contributed by atoms with Crippen LogP contribution in [0.2, 0.25) is 0 Å². The highest BCUT2D eigenvalue weighted by molar-refractivity contribution is 5.92. The summed E-state index contributed by atoms with van der Waals surface area (Å²) in [6.07, 6.45) is 1.91. The molecule has 0 aliphatic heterocycles. The molecule has 0 bridgehead atoms. The van der Waals surface area contributed by atoms with Crippen molar-refractivity contribution in [3.8, 4) is 0 Å². The average molecular weight is 257 g/mol. The number of aromatic nitrogens is 1. The lowest BCUT2D eigenvalue weighted by molar-refractivity contribution is 0.0932. The number of benzene rings is 1. The van der Waals surface area contributed by atoms with Crippen LogP contribution in [0.25, 0.3) is 0 Å². The van der Waals surface area contributed by atoms with E-state index in [2.05, 4.69) is 5.32 Å². The first-order valence-electron chi connectivity index (χ1n) is 6.40. The van der Waals surface area contributed by atoms with E-state index in [0.29, 0.717) is 18.8 Å². The monoisotopic (exact) mass is 257 g/mol. The van der Waals surface area contributed by atoms with Gasteiger partial charge in [0.2, 0.25) is 0 Å². The van der Waals surface area contributed by atoms with Gasteiger partial charge in [0.15, 0.2) is 0 Å². The zero-order valence-corrected chi connectivity index (χ0v) is 11.0. The van der Waals surface area contributed by atoms with Crippen molar-refractivity contribution in [1.82, 2.24) is 9.88 Å². The molecule has 4 heteroatoms. The van der Waals surface area contributed by atoms with Crippen molar-refractivity contribution in [3.63, 3.8) is 0 Å². The van der Waals surface area contributed by atoms with E-state index in [1.54, 1.807) is 0 Å². The Morgan fingerprint density at radius 3 is 2.68 bits per heavy atom. The quantitative estimate of drug-likeness (QED) is 0.855. The SMILES string of the molecule is CC(CN)NC(=O)c1cccn1Cc1ccccc1. The lowest BCUT2D eigenvalue weighted by Gasteiger charge is -2.13. The van der Waals surface area contributed by atoms with Crippen molar-refractivity contribution in [2.45, 2.75) is 19.5 Å². The van der Waals surface area contributed by atoms with Crippen molar-refractivity contribution in [2.75, 3.05) is 6.54 Å². The van der Waals surface area contributed by atoms with E-state index in [4.69, 9.17) is 5.73 Å². The summed E-state index contributed by atoms with van der Waals surface area (Å²) in [5, 5.41) is 2.87. The molecule has 2 aromatic rings. The summed E-state index contributed by atoms with van der Waals surface area (Å²) >= 11 is 0. The third-order valence-corrected chi connectivity index (χ3v) is 2.99. The zero-order chi connectivity index (χ0) is 13.7. The van der Waals surface area contributed by atoms with Crippen LogP contribution in [-0.4, -0.2) is 23.1 Å². The van der Waals surface area contributed by atoms with Gasteiger partial charge in [-0.1, -0.05) is 30.3 Å². The molecule has 0 spiro atoms. The smallest absolute Gasteiger partial charge is 0.268 e. The second kappa shape index (κ2) is 6.20.